The Balaban J connectivity index is 1.46. The van der Waals surface area contributed by atoms with Crippen LogP contribution in [0.4, 0.5) is 0 Å². The van der Waals surface area contributed by atoms with Crippen LogP contribution in [0.3, 0.4) is 0 Å². The largest absolute Gasteiger partial charge is 0.477 e. The van der Waals surface area contributed by atoms with E-state index in [4.69, 9.17) is 4.74 Å². The van der Waals surface area contributed by atoms with Crippen LogP contribution in [0.2, 0.25) is 0 Å². The Kier molecular flexibility index (Phi) is 6.44. The van der Waals surface area contributed by atoms with E-state index in [1.165, 1.54) is 12.8 Å². The molecule has 2 heterocycles. The molecular formula is C19H27N5OS. The molecule has 1 aliphatic rings. The Labute approximate surface area is 159 Å². The van der Waals surface area contributed by atoms with Crippen molar-refractivity contribution in [3.05, 3.63) is 40.0 Å². The van der Waals surface area contributed by atoms with Gasteiger partial charge in [0, 0.05) is 31.2 Å². The highest BCUT2D eigenvalue weighted by atomic mass is 32.1. The Morgan fingerprint density at radius 1 is 1.35 bits per heavy atom. The first-order valence-corrected chi connectivity index (χ1v) is 9.98. The molecule has 0 radical (unpaired) electrons. The summed E-state index contributed by atoms with van der Waals surface area (Å²) in [7, 11) is 1.77. The van der Waals surface area contributed by atoms with Gasteiger partial charge in [0.15, 0.2) is 5.96 Å². The van der Waals surface area contributed by atoms with Gasteiger partial charge in [-0.2, -0.15) is 0 Å². The molecule has 26 heavy (non-hydrogen) atoms. The molecule has 0 bridgehead atoms. The molecule has 0 saturated heterocycles. The normalized spacial score (nSPS) is 14.5. The predicted octanol–water partition coefficient (Wildman–Crippen LogP) is 3.32. The average Bonchev–Trinajstić information content (AvgIpc) is 3.36. The molecule has 140 valence electrons. The van der Waals surface area contributed by atoms with Crippen molar-refractivity contribution in [1.82, 2.24) is 20.6 Å². The molecule has 3 rings (SSSR count). The Bertz CT molecular complexity index is 739. The lowest BCUT2D eigenvalue weighted by molar-refractivity contribution is 0.288. The summed E-state index contributed by atoms with van der Waals surface area (Å²) >= 11 is 1.68. The van der Waals surface area contributed by atoms with Crippen molar-refractivity contribution < 1.29 is 4.74 Å². The number of rotatable bonds is 8. The Morgan fingerprint density at radius 3 is 2.85 bits per heavy atom. The smallest absolute Gasteiger partial charge is 0.213 e. The maximum atomic E-state index is 5.74. The van der Waals surface area contributed by atoms with E-state index < -0.39 is 0 Å². The maximum absolute atomic E-state index is 5.74. The number of hydrogen-bond acceptors (Lipinski definition) is 5. The van der Waals surface area contributed by atoms with Crippen molar-refractivity contribution in [2.75, 3.05) is 13.7 Å². The molecular weight excluding hydrogens is 346 g/mol. The van der Waals surface area contributed by atoms with Crippen LogP contribution in [-0.4, -0.2) is 29.6 Å². The first kappa shape index (κ1) is 18.6. The number of aromatic nitrogens is 2. The third kappa shape index (κ3) is 5.69. The zero-order chi connectivity index (χ0) is 18.4. The number of nitrogens with one attached hydrogen (secondary N) is 2. The fraction of sp³-hybridized carbons (Fsp3) is 0.526. The van der Waals surface area contributed by atoms with Crippen LogP contribution < -0.4 is 15.4 Å². The summed E-state index contributed by atoms with van der Waals surface area (Å²) in [6, 6.07) is 3.97. The van der Waals surface area contributed by atoms with Crippen LogP contribution in [0.1, 0.15) is 48.9 Å². The number of thiazole rings is 1. The summed E-state index contributed by atoms with van der Waals surface area (Å²) in [6.07, 6.45) is 4.35. The lowest BCUT2D eigenvalue weighted by Gasteiger charge is -2.11. The van der Waals surface area contributed by atoms with Crippen molar-refractivity contribution in [2.24, 2.45) is 10.9 Å². The molecule has 0 spiro atoms. The van der Waals surface area contributed by atoms with E-state index in [2.05, 4.69) is 44.8 Å². The minimum atomic E-state index is 0.459. The molecule has 0 unspecified atom stereocenters. The molecule has 1 fully saturated rings. The number of ether oxygens (including phenoxy) is 1. The molecule has 2 aromatic rings. The van der Waals surface area contributed by atoms with Gasteiger partial charge < -0.3 is 15.4 Å². The molecule has 1 aliphatic carbocycles. The van der Waals surface area contributed by atoms with E-state index in [1.807, 2.05) is 12.1 Å². The van der Waals surface area contributed by atoms with E-state index >= 15 is 0 Å². The molecule has 1 saturated carbocycles. The average molecular weight is 374 g/mol. The molecule has 0 aliphatic heterocycles. The van der Waals surface area contributed by atoms with Crippen molar-refractivity contribution in [2.45, 2.75) is 45.7 Å². The van der Waals surface area contributed by atoms with Crippen LogP contribution in [0.25, 0.3) is 0 Å². The van der Waals surface area contributed by atoms with Crippen LogP contribution >= 0.6 is 11.3 Å². The van der Waals surface area contributed by atoms with Crippen LogP contribution in [0.15, 0.2) is 28.7 Å². The second kappa shape index (κ2) is 8.98. The number of aliphatic imine (C=N–C) groups is 1. The van der Waals surface area contributed by atoms with Gasteiger partial charge in [0.1, 0.15) is 5.01 Å². The Hall–Kier alpha value is -2.15. The molecule has 0 atom stereocenters. The van der Waals surface area contributed by atoms with Crippen LogP contribution in [-0.2, 0) is 13.1 Å². The maximum Gasteiger partial charge on any atom is 0.213 e. The first-order chi connectivity index (χ1) is 12.6. The zero-order valence-corrected chi connectivity index (χ0v) is 16.5. The molecule has 6 nitrogen and oxygen atoms in total. The van der Waals surface area contributed by atoms with Gasteiger partial charge in [0.05, 0.1) is 18.8 Å². The van der Waals surface area contributed by atoms with Gasteiger partial charge in [-0.3, -0.25) is 4.99 Å². The minimum absolute atomic E-state index is 0.459. The third-order valence-corrected chi connectivity index (χ3v) is 5.08. The highest BCUT2D eigenvalue weighted by Crippen LogP contribution is 2.29. The zero-order valence-electron chi connectivity index (χ0n) is 15.7. The van der Waals surface area contributed by atoms with Crippen LogP contribution in [0.5, 0.6) is 5.88 Å². The van der Waals surface area contributed by atoms with Gasteiger partial charge in [-0.25, -0.2) is 9.97 Å². The highest BCUT2D eigenvalue weighted by Gasteiger charge is 2.22. The highest BCUT2D eigenvalue weighted by molar-refractivity contribution is 7.09. The minimum Gasteiger partial charge on any atom is -0.477 e. The van der Waals surface area contributed by atoms with E-state index in [1.54, 1.807) is 24.6 Å². The summed E-state index contributed by atoms with van der Waals surface area (Å²) in [5, 5.41) is 9.82. The molecule has 0 aromatic carbocycles. The van der Waals surface area contributed by atoms with Crippen molar-refractivity contribution in [3.8, 4) is 5.88 Å². The van der Waals surface area contributed by atoms with E-state index in [9.17, 15) is 0 Å². The topological polar surface area (TPSA) is 71.4 Å². The van der Waals surface area contributed by atoms with Gasteiger partial charge >= 0.3 is 0 Å². The molecule has 0 amide bonds. The Morgan fingerprint density at radius 2 is 2.15 bits per heavy atom. The molecule has 7 heteroatoms. The van der Waals surface area contributed by atoms with E-state index in [0.717, 1.165) is 34.7 Å². The number of guanidine groups is 1. The SMILES string of the molecule is CN=C(NCc1ccnc(OCC2CC2)c1)NCc1nc(C(C)C)cs1. The molecule has 2 aromatic heterocycles. The first-order valence-electron chi connectivity index (χ1n) is 9.10. The van der Waals surface area contributed by atoms with E-state index in [-0.39, 0.29) is 0 Å². The lowest BCUT2D eigenvalue weighted by Crippen LogP contribution is -2.36. The van der Waals surface area contributed by atoms with Crippen molar-refractivity contribution in [1.29, 1.82) is 0 Å². The molecule has 2 N–H and O–H groups in total. The lowest BCUT2D eigenvalue weighted by atomic mass is 10.2. The van der Waals surface area contributed by atoms with Gasteiger partial charge in [-0.15, -0.1) is 11.3 Å². The fourth-order valence-electron chi connectivity index (χ4n) is 2.36. The quantitative estimate of drug-likeness (QED) is 0.549. The van der Waals surface area contributed by atoms with E-state index in [0.29, 0.717) is 24.9 Å². The second-order valence-electron chi connectivity index (χ2n) is 6.86. The summed E-state index contributed by atoms with van der Waals surface area (Å²) in [5.74, 6) is 2.64. The summed E-state index contributed by atoms with van der Waals surface area (Å²) in [6.45, 7) is 6.42. The summed E-state index contributed by atoms with van der Waals surface area (Å²) < 4.78 is 5.74. The summed E-state index contributed by atoms with van der Waals surface area (Å²) in [4.78, 5) is 13.2. The van der Waals surface area contributed by atoms with Gasteiger partial charge in [0.25, 0.3) is 0 Å². The standard InChI is InChI=1S/C19H27N5OS/c1-13(2)16-12-26-18(24-16)10-23-19(20-3)22-9-15-6-7-21-17(8-15)25-11-14-4-5-14/h6-8,12-14H,4-5,9-11H2,1-3H3,(H2,20,22,23). The van der Waals surface area contributed by atoms with Crippen LogP contribution in [0, 0.1) is 5.92 Å². The van der Waals surface area contributed by atoms with Gasteiger partial charge in [0.2, 0.25) is 5.88 Å². The number of hydrogen-bond donors (Lipinski definition) is 2. The van der Waals surface area contributed by atoms with Crippen molar-refractivity contribution in [3.63, 3.8) is 0 Å². The summed E-state index contributed by atoms with van der Waals surface area (Å²) in [5.41, 5.74) is 2.26. The van der Waals surface area contributed by atoms with Gasteiger partial charge in [-0.1, -0.05) is 13.8 Å². The third-order valence-electron chi connectivity index (χ3n) is 4.21. The second-order valence-corrected chi connectivity index (χ2v) is 7.80. The number of pyridine rings is 1. The monoisotopic (exact) mass is 373 g/mol. The van der Waals surface area contributed by atoms with Gasteiger partial charge in [-0.05, 0) is 36.3 Å². The van der Waals surface area contributed by atoms with Crippen molar-refractivity contribution >= 4 is 17.3 Å². The predicted molar refractivity (Wildman–Crippen MR) is 106 cm³/mol. The number of nitrogens with zero attached hydrogens (tertiary/aromatic N) is 3. The fourth-order valence-corrected chi connectivity index (χ4v) is 3.26.